The third-order valence-corrected chi connectivity index (χ3v) is 3.94. The van der Waals surface area contributed by atoms with Crippen molar-refractivity contribution >= 4 is 15.9 Å². The number of alkyl halides is 1. The van der Waals surface area contributed by atoms with E-state index in [9.17, 15) is 0 Å². The highest BCUT2D eigenvalue weighted by molar-refractivity contribution is 9.09. The average molecular weight is 329 g/mol. The summed E-state index contributed by atoms with van der Waals surface area (Å²) in [5, 5.41) is 0.953. The van der Waals surface area contributed by atoms with Gasteiger partial charge < -0.3 is 9.47 Å². The van der Waals surface area contributed by atoms with Crippen molar-refractivity contribution in [2.24, 2.45) is 11.3 Å². The third-order valence-electron chi connectivity index (χ3n) is 3.16. The number of ether oxygens (including phenoxy) is 2. The maximum atomic E-state index is 5.86. The maximum absolute atomic E-state index is 5.86. The van der Waals surface area contributed by atoms with Crippen molar-refractivity contribution in [2.45, 2.75) is 34.1 Å². The van der Waals surface area contributed by atoms with Crippen LogP contribution in [-0.4, -0.2) is 18.5 Å². The van der Waals surface area contributed by atoms with Crippen LogP contribution < -0.4 is 9.47 Å². The van der Waals surface area contributed by atoms with Crippen LogP contribution in [0.25, 0.3) is 0 Å². The van der Waals surface area contributed by atoms with Crippen molar-refractivity contribution in [1.29, 1.82) is 0 Å². The molecule has 1 aromatic rings. The molecule has 0 bridgehead atoms. The predicted octanol–water partition coefficient (Wildman–Crippen LogP) is 4.91. The SMILES string of the molecule is CCCOc1ccc(OCC(CBr)C(C)(C)C)cc1. The van der Waals surface area contributed by atoms with Gasteiger partial charge in [0.2, 0.25) is 0 Å². The highest BCUT2D eigenvalue weighted by Crippen LogP contribution is 2.28. The first kappa shape index (κ1) is 16.4. The number of hydrogen-bond acceptors (Lipinski definition) is 2. The van der Waals surface area contributed by atoms with Gasteiger partial charge in [0.25, 0.3) is 0 Å². The number of hydrogen-bond donors (Lipinski definition) is 0. The molecule has 0 amide bonds. The Balaban J connectivity index is 2.49. The van der Waals surface area contributed by atoms with E-state index in [0.717, 1.165) is 36.5 Å². The summed E-state index contributed by atoms with van der Waals surface area (Å²) >= 11 is 3.57. The Morgan fingerprint density at radius 3 is 2.00 bits per heavy atom. The van der Waals surface area contributed by atoms with Crippen molar-refractivity contribution in [3.05, 3.63) is 24.3 Å². The number of halogens is 1. The topological polar surface area (TPSA) is 18.5 Å². The van der Waals surface area contributed by atoms with Crippen LogP contribution in [-0.2, 0) is 0 Å². The minimum atomic E-state index is 0.244. The van der Waals surface area contributed by atoms with Gasteiger partial charge in [0.05, 0.1) is 13.2 Å². The molecule has 1 rings (SSSR count). The zero-order valence-corrected chi connectivity index (χ0v) is 14.0. The maximum Gasteiger partial charge on any atom is 0.119 e. The molecule has 0 saturated heterocycles. The van der Waals surface area contributed by atoms with Gasteiger partial charge in [-0.15, -0.1) is 0 Å². The Hall–Kier alpha value is -0.700. The molecular formula is C16H25BrO2. The summed E-state index contributed by atoms with van der Waals surface area (Å²) in [6.07, 6.45) is 1.02. The van der Waals surface area contributed by atoms with E-state index < -0.39 is 0 Å². The number of benzene rings is 1. The van der Waals surface area contributed by atoms with Crippen LogP contribution in [0.15, 0.2) is 24.3 Å². The highest BCUT2D eigenvalue weighted by atomic mass is 79.9. The molecule has 1 aromatic carbocycles. The van der Waals surface area contributed by atoms with Gasteiger partial charge in [-0.2, -0.15) is 0 Å². The summed E-state index contributed by atoms with van der Waals surface area (Å²) in [4.78, 5) is 0. The summed E-state index contributed by atoms with van der Waals surface area (Å²) < 4.78 is 11.4. The second-order valence-corrected chi connectivity index (χ2v) is 6.50. The molecule has 0 saturated carbocycles. The Kier molecular flexibility index (Phi) is 6.70. The van der Waals surface area contributed by atoms with Gasteiger partial charge in [0, 0.05) is 11.2 Å². The van der Waals surface area contributed by atoms with Gasteiger partial charge in [-0.1, -0.05) is 43.6 Å². The van der Waals surface area contributed by atoms with Crippen molar-refractivity contribution < 1.29 is 9.47 Å². The fraction of sp³-hybridized carbons (Fsp3) is 0.625. The van der Waals surface area contributed by atoms with E-state index in [1.165, 1.54) is 0 Å². The van der Waals surface area contributed by atoms with Crippen molar-refractivity contribution in [2.75, 3.05) is 18.5 Å². The fourth-order valence-electron chi connectivity index (χ4n) is 1.57. The quantitative estimate of drug-likeness (QED) is 0.662. The molecule has 1 atom stereocenters. The molecule has 0 radical (unpaired) electrons. The summed E-state index contributed by atoms with van der Waals surface area (Å²) in [6.45, 7) is 10.3. The molecule has 0 aliphatic rings. The van der Waals surface area contributed by atoms with Gasteiger partial charge >= 0.3 is 0 Å². The smallest absolute Gasteiger partial charge is 0.119 e. The van der Waals surface area contributed by atoms with Crippen LogP contribution in [0.3, 0.4) is 0 Å². The lowest BCUT2D eigenvalue weighted by molar-refractivity contribution is 0.166. The van der Waals surface area contributed by atoms with Crippen LogP contribution in [0.5, 0.6) is 11.5 Å². The van der Waals surface area contributed by atoms with Gasteiger partial charge in [0.15, 0.2) is 0 Å². The molecule has 0 heterocycles. The normalized spacial score (nSPS) is 13.1. The molecule has 108 valence electrons. The van der Waals surface area contributed by atoms with Crippen molar-refractivity contribution in [3.63, 3.8) is 0 Å². The molecule has 2 nitrogen and oxygen atoms in total. The second-order valence-electron chi connectivity index (χ2n) is 5.85. The Morgan fingerprint density at radius 1 is 1.05 bits per heavy atom. The van der Waals surface area contributed by atoms with E-state index in [2.05, 4.69) is 43.6 Å². The molecule has 0 aromatic heterocycles. The van der Waals surface area contributed by atoms with E-state index in [0.29, 0.717) is 5.92 Å². The third kappa shape index (κ3) is 5.85. The van der Waals surface area contributed by atoms with E-state index in [4.69, 9.17) is 9.47 Å². The summed E-state index contributed by atoms with van der Waals surface area (Å²) in [5.74, 6) is 2.30. The van der Waals surface area contributed by atoms with Crippen LogP contribution in [0.1, 0.15) is 34.1 Å². The first-order valence-electron chi connectivity index (χ1n) is 6.89. The van der Waals surface area contributed by atoms with Crippen LogP contribution in [0.4, 0.5) is 0 Å². The first-order chi connectivity index (χ1) is 8.97. The molecule has 19 heavy (non-hydrogen) atoms. The van der Waals surface area contributed by atoms with Crippen molar-refractivity contribution in [1.82, 2.24) is 0 Å². The van der Waals surface area contributed by atoms with Gasteiger partial charge in [0.1, 0.15) is 11.5 Å². The first-order valence-corrected chi connectivity index (χ1v) is 8.01. The lowest BCUT2D eigenvalue weighted by Crippen LogP contribution is -2.27. The monoisotopic (exact) mass is 328 g/mol. The summed E-state index contributed by atoms with van der Waals surface area (Å²) in [7, 11) is 0. The van der Waals surface area contributed by atoms with Crippen LogP contribution in [0.2, 0.25) is 0 Å². The Labute approximate surface area is 125 Å². The van der Waals surface area contributed by atoms with Crippen LogP contribution in [0, 0.1) is 11.3 Å². The molecule has 0 aliphatic carbocycles. The molecular weight excluding hydrogens is 304 g/mol. The van der Waals surface area contributed by atoms with E-state index in [1.54, 1.807) is 0 Å². The zero-order valence-electron chi connectivity index (χ0n) is 12.4. The Morgan fingerprint density at radius 2 is 1.58 bits per heavy atom. The highest BCUT2D eigenvalue weighted by Gasteiger charge is 2.24. The Bertz CT molecular complexity index is 354. The minimum Gasteiger partial charge on any atom is -0.494 e. The number of rotatable bonds is 7. The second kappa shape index (κ2) is 7.78. The molecule has 0 N–H and O–H groups in total. The molecule has 0 fully saturated rings. The van der Waals surface area contributed by atoms with E-state index >= 15 is 0 Å². The van der Waals surface area contributed by atoms with E-state index in [-0.39, 0.29) is 5.41 Å². The average Bonchev–Trinajstić information content (AvgIpc) is 2.37. The van der Waals surface area contributed by atoms with E-state index in [1.807, 2.05) is 24.3 Å². The fourth-order valence-corrected chi connectivity index (χ4v) is 2.73. The zero-order chi connectivity index (χ0) is 14.3. The van der Waals surface area contributed by atoms with Gasteiger partial charge in [-0.05, 0) is 36.1 Å². The largest absolute Gasteiger partial charge is 0.494 e. The van der Waals surface area contributed by atoms with Crippen LogP contribution >= 0.6 is 15.9 Å². The van der Waals surface area contributed by atoms with Gasteiger partial charge in [-0.25, -0.2) is 0 Å². The predicted molar refractivity (Wildman–Crippen MR) is 84.5 cm³/mol. The lowest BCUT2D eigenvalue weighted by Gasteiger charge is -2.29. The van der Waals surface area contributed by atoms with Crippen molar-refractivity contribution in [3.8, 4) is 11.5 Å². The standard InChI is InChI=1S/C16H25BrO2/c1-5-10-18-14-6-8-15(9-7-14)19-12-13(11-17)16(2,3)4/h6-9,13H,5,10-12H2,1-4H3. The summed E-state index contributed by atoms with van der Waals surface area (Å²) in [6, 6.07) is 7.87. The lowest BCUT2D eigenvalue weighted by atomic mass is 9.83. The minimum absolute atomic E-state index is 0.244. The summed E-state index contributed by atoms with van der Waals surface area (Å²) in [5.41, 5.74) is 0.244. The van der Waals surface area contributed by atoms with Gasteiger partial charge in [-0.3, -0.25) is 0 Å². The molecule has 0 aliphatic heterocycles. The molecule has 0 spiro atoms. The molecule has 3 heteroatoms. The molecule has 1 unspecified atom stereocenters.